The Morgan fingerprint density at radius 1 is 0.825 bits per heavy atom. The lowest BCUT2D eigenvalue weighted by Gasteiger charge is -2.33. The SMILES string of the molecule is Cn1cc(NC(=O)CCCOc2cc3c(cc2OC2CC(O)CC(CO)O2)C(=O)N2CCCCC2C=N3)cc1C(=O)Nc1ccc(-c2cc(C(=O)Nc3ccccc3)n(C)c2)cc1. The van der Waals surface area contributed by atoms with Crippen LogP contribution in [0.3, 0.4) is 0 Å². The summed E-state index contributed by atoms with van der Waals surface area (Å²) in [6.07, 6.45) is 6.73. The number of aryl methyl sites for hydroxylation is 2. The lowest BCUT2D eigenvalue weighted by atomic mass is 10.0. The number of anilines is 3. The number of ether oxygens (including phenoxy) is 3. The smallest absolute Gasteiger partial charge is 0.272 e. The van der Waals surface area contributed by atoms with Crippen molar-refractivity contribution in [3.05, 3.63) is 108 Å². The van der Waals surface area contributed by atoms with Crippen LogP contribution in [0.25, 0.3) is 11.1 Å². The van der Waals surface area contributed by atoms with Crippen LogP contribution in [-0.4, -0.2) is 98.4 Å². The number of carbonyl (C=O) groups excluding carboxylic acids is 4. The number of aliphatic hydroxyl groups excluding tert-OH is 2. The zero-order valence-corrected chi connectivity index (χ0v) is 35.2. The third kappa shape index (κ3) is 10.1. The fraction of sp³-hybridized carbons (Fsp3) is 0.340. The minimum Gasteiger partial charge on any atom is -0.490 e. The van der Waals surface area contributed by atoms with Gasteiger partial charge >= 0.3 is 0 Å². The highest BCUT2D eigenvalue weighted by Crippen LogP contribution is 2.40. The van der Waals surface area contributed by atoms with Gasteiger partial charge < -0.3 is 54.4 Å². The molecule has 4 atom stereocenters. The number of para-hydroxylation sites is 1. The van der Waals surface area contributed by atoms with Crippen LogP contribution < -0.4 is 25.4 Å². The molecule has 8 rings (SSSR count). The number of rotatable bonds is 14. The summed E-state index contributed by atoms with van der Waals surface area (Å²) in [5.74, 6) is -0.483. The van der Waals surface area contributed by atoms with Gasteiger partial charge in [-0.25, -0.2) is 0 Å². The van der Waals surface area contributed by atoms with Gasteiger partial charge in [0.15, 0.2) is 11.5 Å². The number of aliphatic imine (C=N–C) groups is 1. The first-order chi connectivity index (χ1) is 30.5. The molecule has 4 unspecified atom stereocenters. The van der Waals surface area contributed by atoms with E-state index in [1.165, 1.54) is 0 Å². The van der Waals surface area contributed by atoms with Crippen LogP contribution >= 0.6 is 0 Å². The molecular weight excluding hydrogens is 807 g/mol. The Hall–Kier alpha value is -6.75. The van der Waals surface area contributed by atoms with Crippen molar-refractivity contribution >= 4 is 52.6 Å². The quantitative estimate of drug-likeness (QED) is 0.0799. The average Bonchev–Trinajstić information content (AvgIpc) is 3.82. The number of nitrogens with one attached hydrogen (secondary N) is 3. The number of amides is 4. The number of nitrogens with zero attached hydrogens (tertiary/aromatic N) is 4. The molecule has 3 aromatic carbocycles. The molecule has 16 heteroatoms. The highest BCUT2D eigenvalue weighted by Gasteiger charge is 2.34. The molecular formula is C47H51N7O9. The van der Waals surface area contributed by atoms with E-state index in [-0.39, 0.29) is 67.9 Å². The first kappa shape index (κ1) is 42.9. The Bertz CT molecular complexity index is 2500. The number of aliphatic hydroxyl groups is 2. The molecule has 5 aromatic rings. The van der Waals surface area contributed by atoms with Gasteiger partial charge in [0.25, 0.3) is 17.7 Å². The van der Waals surface area contributed by atoms with Crippen LogP contribution in [0.2, 0.25) is 0 Å². The molecule has 5 heterocycles. The second kappa shape index (κ2) is 19.1. The van der Waals surface area contributed by atoms with Gasteiger partial charge in [-0.05, 0) is 73.7 Å². The van der Waals surface area contributed by atoms with Crippen LogP contribution in [-0.2, 0) is 23.6 Å². The minimum atomic E-state index is -0.890. The third-order valence-corrected chi connectivity index (χ3v) is 11.4. The van der Waals surface area contributed by atoms with Crippen molar-refractivity contribution < 1.29 is 43.6 Å². The lowest BCUT2D eigenvalue weighted by molar-refractivity contribution is -0.185. The summed E-state index contributed by atoms with van der Waals surface area (Å²) >= 11 is 0. The predicted molar refractivity (Wildman–Crippen MR) is 237 cm³/mol. The van der Waals surface area contributed by atoms with E-state index in [0.29, 0.717) is 58.4 Å². The molecule has 5 N–H and O–H groups in total. The van der Waals surface area contributed by atoms with Crippen molar-refractivity contribution in [1.29, 1.82) is 0 Å². The average molecular weight is 858 g/mol. The maximum Gasteiger partial charge on any atom is 0.272 e. The van der Waals surface area contributed by atoms with Crippen molar-refractivity contribution in [2.45, 2.75) is 69.5 Å². The van der Waals surface area contributed by atoms with E-state index < -0.39 is 18.5 Å². The number of piperidine rings is 1. The fourth-order valence-corrected chi connectivity index (χ4v) is 8.10. The van der Waals surface area contributed by atoms with Crippen molar-refractivity contribution in [2.24, 2.45) is 19.1 Å². The number of fused-ring (bicyclic) bond motifs is 2. The van der Waals surface area contributed by atoms with E-state index in [4.69, 9.17) is 14.2 Å². The van der Waals surface area contributed by atoms with E-state index >= 15 is 0 Å². The van der Waals surface area contributed by atoms with Crippen molar-refractivity contribution in [2.75, 3.05) is 35.7 Å². The van der Waals surface area contributed by atoms with E-state index in [1.807, 2.05) is 66.7 Å². The molecule has 2 fully saturated rings. The Morgan fingerprint density at radius 2 is 1.56 bits per heavy atom. The summed E-state index contributed by atoms with van der Waals surface area (Å²) in [5.41, 5.74) is 5.11. The topological polar surface area (TPSA) is 198 Å². The fourth-order valence-electron chi connectivity index (χ4n) is 8.10. The molecule has 16 nitrogen and oxygen atoms in total. The number of aromatic nitrogens is 2. The second-order valence-electron chi connectivity index (χ2n) is 16.1. The number of benzene rings is 3. The molecule has 328 valence electrons. The van der Waals surface area contributed by atoms with Gasteiger partial charge in [-0.2, -0.15) is 0 Å². The van der Waals surface area contributed by atoms with Gasteiger partial charge in [0, 0.05) is 81.5 Å². The van der Waals surface area contributed by atoms with E-state index in [9.17, 15) is 29.4 Å². The standard InChI is InChI=1S/C47H51N7O9/c1-52-26-30(19-39(52)45(58)50-31-9-4-3-5-10-31)29-13-15-32(16-14-29)51-46(59)40-20-33(27-53(40)2)49-43(57)12-8-18-61-41-24-38-37(47(60)54-17-7-6-11-34(54)25-48-38)23-42(41)63-44-22-35(56)21-36(28-55)62-44/h3-5,9-10,13-16,19-20,23-27,34-36,44,55-56H,6-8,11-12,17-18,21-22,28H2,1-2H3,(H,49,57)(H,50,58)(H,51,59). The summed E-state index contributed by atoms with van der Waals surface area (Å²) in [6, 6.07) is 23.1. The molecule has 3 aliphatic rings. The summed E-state index contributed by atoms with van der Waals surface area (Å²) in [7, 11) is 3.53. The molecule has 0 spiro atoms. The van der Waals surface area contributed by atoms with Crippen LogP contribution in [0.15, 0.2) is 96.2 Å². The van der Waals surface area contributed by atoms with E-state index in [0.717, 1.165) is 30.4 Å². The van der Waals surface area contributed by atoms with Crippen molar-refractivity contribution in [1.82, 2.24) is 14.0 Å². The molecule has 0 bridgehead atoms. The Morgan fingerprint density at radius 3 is 2.32 bits per heavy atom. The minimum absolute atomic E-state index is 0.0973. The van der Waals surface area contributed by atoms with Crippen LogP contribution in [0.4, 0.5) is 22.7 Å². The van der Waals surface area contributed by atoms with Gasteiger partial charge in [-0.3, -0.25) is 24.2 Å². The van der Waals surface area contributed by atoms with Crippen LogP contribution in [0.5, 0.6) is 11.5 Å². The normalized spacial score (nSPS) is 19.4. The first-order valence-corrected chi connectivity index (χ1v) is 21.2. The summed E-state index contributed by atoms with van der Waals surface area (Å²) in [5, 5.41) is 28.8. The molecule has 2 aromatic heterocycles. The Labute approximate surface area is 364 Å². The summed E-state index contributed by atoms with van der Waals surface area (Å²) in [6.45, 7) is 0.476. The number of hydrogen-bond acceptors (Lipinski definition) is 10. The van der Waals surface area contributed by atoms with Crippen LogP contribution in [0, 0.1) is 0 Å². The van der Waals surface area contributed by atoms with E-state index in [1.54, 1.807) is 58.9 Å². The molecule has 0 saturated carbocycles. The first-order valence-electron chi connectivity index (χ1n) is 21.2. The molecule has 3 aliphatic heterocycles. The molecule has 0 radical (unpaired) electrons. The number of carbonyl (C=O) groups is 4. The molecule has 4 amide bonds. The van der Waals surface area contributed by atoms with Crippen molar-refractivity contribution in [3.8, 4) is 22.6 Å². The van der Waals surface area contributed by atoms with Gasteiger partial charge in [-0.1, -0.05) is 30.3 Å². The van der Waals surface area contributed by atoms with Crippen molar-refractivity contribution in [3.63, 3.8) is 0 Å². The Kier molecular flexibility index (Phi) is 13.0. The summed E-state index contributed by atoms with van der Waals surface area (Å²) < 4.78 is 21.6. The van der Waals surface area contributed by atoms with Crippen LogP contribution in [0.1, 0.15) is 76.3 Å². The molecule has 63 heavy (non-hydrogen) atoms. The zero-order valence-electron chi connectivity index (χ0n) is 35.2. The van der Waals surface area contributed by atoms with E-state index in [2.05, 4.69) is 20.9 Å². The molecule has 0 aliphatic carbocycles. The third-order valence-electron chi connectivity index (χ3n) is 11.4. The Balaban J connectivity index is 0.858. The highest BCUT2D eigenvalue weighted by molar-refractivity contribution is 6.06. The van der Waals surface area contributed by atoms with Gasteiger partial charge in [0.1, 0.15) is 11.4 Å². The van der Waals surface area contributed by atoms with Gasteiger partial charge in [0.05, 0.1) is 48.4 Å². The predicted octanol–water partition coefficient (Wildman–Crippen LogP) is 6.28. The number of hydrogen-bond donors (Lipinski definition) is 5. The molecule has 2 saturated heterocycles. The second-order valence-corrected chi connectivity index (χ2v) is 16.1. The monoisotopic (exact) mass is 857 g/mol. The van der Waals surface area contributed by atoms with Gasteiger partial charge in [0.2, 0.25) is 12.2 Å². The largest absolute Gasteiger partial charge is 0.490 e. The van der Waals surface area contributed by atoms with Gasteiger partial charge in [-0.15, -0.1) is 0 Å². The maximum atomic E-state index is 13.7. The maximum absolute atomic E-state index is 13.7. The summed E-state index contributed by atoms with van der Waals surface area (Å²) in [4.78, 5) is 59.5. The zero-order chi connectivity index (χ0) is 44.0. The lowest BCUT2D eigenvalue weighted by Crippen LogP contribution is -2.43. The highest BCUT2D eigenvalue weighted by atomic mass is 16.7.